The lowest BCUT2D eigenvalue weighted by Crippen LogP contribution is -2.41. The molecule has 0 fully saturated rings. The van der Waals surface area contributed by atoms with Crippen molar-refractivity contribution >= 4 is 0 Å². The van der Waals surface area contributed by atoms with E-state index in [2.05, 4.69) is 21.4 Å². The zero-order valence-electron chi connectivity index (χ0n) is 16.2. The van der Waals surface area contributed by atoms with E-state index >= 15 is 0 Å². The third-order valence-corrected chi connectivity index (χ3v) is 4.72. The van der Waals surface area contributed by atoms with E-state index in [1.165, 1.54) is 0 Å². The van der Waals surface area contributed by atoms with E-state index < -0.39 is 6.10 Å². The highest BCUT2D eigenvalue weighted by molar-refractivity contribution is 5.31. The standard InChI is InChI=1S/C21H27N3O4/c1-3-9-28-14-16(25)12-24-8-7-19-18(13-24)21(26)23-20(22-19)11-15-5-4-6-17(10-15)27-2/h3-6,10,16,25H,1,7-9,11-14H2,2H3,(H,22,23,26)/t16-/m0/s1. The van der Waals surface area contributed by atoms with Crippen LogP contribution in [0.5, 0.6) is 5.75 Å². The van der Waals surface area contributed by atoms with Crippen molar-refractivity contribution in [3.8, 4) is 5.75 Å². The molecule has 150 valence electrons. The van der Waals surface area contributed by atoms with E-state index in [0.717, 1.165) is 23.6 Å². The topological polar surface area (TPSA) is 87.7 Å². The number of H-pyrrole nitrogens is 1. The predicted molar refractivity (Wildman–Crippen MR) is 107 cm³/mol. The fourth-order valence-electron chi connectivity index (χ4n) is 3.39. The molecule has 7 heteroatoms. The van der Waals surface area contributed by atoms with Crippen molar-refractivity contribution in [2.75, 3.05) is 33.4 Å². The monoisotopic (exact) mass is 385 g/mol. The number of hydrogen-bond donors (Lipinski definition) is 2. The number of benzene rings is 1. The van der Waals surface area contributed by atoms with Crippen LogP contribution in [0.4, 0.5) is 0 Å². The number of nitrogens with one attached hydrogen (secondary N) is 1. The molecule has 2 aromatic rings. The molecule has 2 N–H and O–H groups in total. The maximum absolute atomic E-state index is 12.6. The molecule has 2 heterocycles. The number of aliphatic hydroxyl groups is 1. The molecule has 28 heavy (non-hydrogen) atoms. The van der Waals surface area contributed by atoms with Crippen molar-refractivity contribution in [2.45, 2.75) is 25.5 Å². The van der Waals surface area contributed by atoms with Crippen LogP contribution in [0.3, 0.4) is 0 Å². The van der Waals surface area contributed by atoms with Gasteiger partial charge in [0.2, 0.25) is 0 Å². The Labute approximate surface area is 164 Å². The van der Waals surface area contributed by atoms with Crippen LogP contribution in [0.2, 0.25) is 0 Å². The van der Waals surface area contributed by atoms with Crippen molar-refractivity contribution in [3.63, 3.8) is 0 Å². The second-order valence-electron chi connectivity index (χ2n) is 6.93. The van der Waals surface area contributed by atoms with Gasteiger partial charge in [0.1, 0.15) is 11.6 Å². The van der Waals surface area contributed by atoms with Gasteiger partial charge in [-0.05, 0) is 17.7 Å². The summed E-state index contributed by atoms with van der Waals surface area (Å²) in [5.41, 5.74) is 2.45. The summed E-state index contributed by atoms with van der Waals surface area (Å²) in [5, 5.41) is 10.1. The van der Waals surface area contributed by atoms with Crippen molar-refractivity contribution in [1.29, 1.82) is 0 Å². The van der Waals surface area contributed by atoms with Crippen molar-refractivity contribution < 1.29 is 14.6 Å². The summed E-state index contributed by atoms with van der Waals surface area (Å²) in [6, 6.07) is 7.74. The predicted octanol–water partition coefficient (Wildman–Crippen LogP) is 1.29. The number of aliphatic hydroxyl groups excluding tert-OH is 1. The highest BCUT2D eigenvalue weighted by Crippen LogP contribution is 2.17. The van der Waals surface area contributed by atoms with Crippen molar-refractivity contribution in [2.24, 2.45) is 0 Å². The van der Waals surface area contributed by atoms with E-state index in [4.69, 9.17) is 9.47 Å². The molecule has 7 nitrogen and oxygen atoms in total. The van der Waals surface area contributed by atoms with Gasteiger partial charge in [0.15, 0.2) is 0 Å². The largest absolute Gasteiger partial charge is 0.497 e. The number of aromatic nitrogens is 2. The third-order valence-electron chi connectivity index (χ3n) is 4.72. The highest BCUT2D eigenvalue weighted by atomic mass is 16.5. The summed E-state index contributed by atoms with van der Waals surface area (Å²) < 4.78 is 10.5. The van der Waals surface area contributed by atoms with Gasteiger partial charge in [-0.25, -0.2) is 4.98 Å². The van der Waals surface area contributed by atoms with Crippen LogP contribution in [-0.4, -0.2) is 59.5 Å². The van der Waals surface area contributed by atoms with E-state index in [9.17, 15) is 9.90 Å². The lowest BCUT2D eigenvalue weighted by Gasteiger charge is -2.29. The first-order valence-electron chi connectivity index (χ1n) is 9.42. The molecule has 3 rings (SSSR count). The van der Waals surface area contributed by atoms with Crippen LogP contribution in [-0.2, 0) is 24.1 Å². The van der Waals surface area contributed by atoms with Gasteiger partial charge in [-0.1, -0.05) is 18.2 Å². The maximum atomic E-state index is 12.6. The van der Waals surface area contributed by atoms with Crippen LogP contribution in [0.25, 0.3) is 0 Å². The van der Waals surface area contributed by atoms with Crippen LogP contribution < -0.4 is 10.3 Å². The minimum atomic E-state index is -0.596. The molecule has 1 aromatic carbocycles. The molecule has 1 aliphatic heterocycles. The number of fused-ring (bicyclic) bond motifs is 1. The lowest BCUT2D eigenvalue weighted by atomic mass is 10.1. The summed E-state index contributed by atoms with van der Waals surface area (Å²) in [7, 11) is 1.63. The smallest absolute Gasteiger partial charge is 0.255 e. The molecular formula is C21H27N3O4. The Morgan fingerprint density at radius 2 is 2.32 bits per heavy atom. The molecule has 0 saturated carbocycles. The average Bonchev–Trinajstić information content (AvgIpc) is 2.69. The fraction of sp³-hybridized carbons (Fsp3) is 0.429. The summed E-state index contributed by atoms with van der Waals surface area (Å²) in [4.78, 5) is 22.2. The molecule has 0 bridgehead atoms. The molecule has 1 atom stereocenters. The lowest BCUT2D eigenvalue weighted by molar-refractivity contribution is 0.0233. The summed E-state index contributed by atoms with van der Waals surface area (Å²) in [6.45, 7) is 5.94. The number of β-amino-alcohol motifs (C(OH)–C–C–N with tert-alkyl or cyclic N) is 1. The van der Waals surface area contributed by atoms with Crippen molar-refractivity contribution in [1.82, 2.24) is 14.9 Å². The molecule has 0 unspecified atom stereocenters. The SMILES string of the molecule is C=CCOC[C@@H](O)CN1CCc2nc(Cc3cccc(OC)c3)[nH]c(=O)c2C1. The summed E-state index contributed by atoms with van der Waals surface area (Å²) in [5.74, 6) is 1.44. The first kappa shape index (κ1) is 20.3. The van der Waals surface area contributed by atoms with Gasteiger partial charge in [-0.3, -0.25) is 9.69 Å². The Bertz CT molecular complexity index is 865. The van der Waals surface area contributed by atoms with Crippen LogP contribution in [0.15, 0.2) is 41.7 Å². The number of methoxy groups -OCH3 is 1. The first-order chi connectivity index (χ1) is 13.6. The van der Waals surface area contributed by atoms with Gasteiger partial charge in [0.25, 0.3) is 5.56 Å². The molecule has 0 radical (unpaired) electrons. The number of rotatable bonds is 9. The third kappa shape index (κ3) is 5.28. The first-order valence-corrected chi connectivity index (χ1v) is 9.42. The number of ether oxygens (including phenoxy) is 2. The number of nitrogens with zero attached hydrogens (tertiary/aromatic N) is 2. The minimum absolute atomic E-state index is 0.106. The van der Waals surface area contributed by atoms with E-state index in [1.807, 2.05) is 24.3 Å². The number of aromatic amines is 1. The van der Waals surface area contributed by atoms with Gasteiger partial charge >= 0.3 is 0 Å². The Morgan fingerprint density at radius 3 is 3.11 bits per heavy atom. The van der Waals surface area contributed by atoms with Crippen molar-refractivity contribution in [3.05, 3.63) is 69.9 Å². The second-order valence-corrected chi connectivity index (χ2v) is 6.93. The van der Waals surface area contributed by atoms with E-state index in [1.54, 1.807) is 13.2 Å². The summed E-state index contributed by atoms with van der Waals surface area (Å²) >= 11 is 0. The van der Waals surface area contributed by atoms with Gasteiger partial charge in [0.05, 0.1) is 37.7 Å². The van der Waals surface area contributed by atoms with Crippen LogP contribution in [0.1, 0.15) is 22.6 Å². The van der Waals surface area contributed by atoms with E-state index in [0.29, 0.717) is 43.9 Å². The zero-order valence-corrected chi connectivity index (χ0v) is 16.2. The van der Waals surface area contributed by atoms with Gasteiger partial charge in [-0.15, -0.1) is 6.58 Å². The molecule has 1 aromatic heterocycles. The number of hydrogen-bond acceptors (Lipinski definition) is 6. The fourth-order valence-corrected chi connectivity index (χ4v) is 3.39. The quantitative estimate of drug-likeness (QED) is 0.500. The van der Waals surface area contributed by atoms with Crippen LogP contribution in [0, 0.1) is 0 Å². The molecule has 0 saturated heterocycles. The maximum Gasteiger partial charge on any atom is 0.255 e. The molecular weight excluding hydrogens is 358 g/mol. The molecule has 0 spiro atoms. The highest BCUT2D eigenvalue weighted by Gasteiger charge is 2.23. The Morgan fingerprint density at radius 1 is 1.46 bits per heavy atom. The second kappa shape index (κ2) is 9.64. The normalized spacial score (nSPS) is 15.1. The average molecular weight is 385 g/mol. The molecule has 0 aliphatic carbocycles. The molecule has 1 aliphatic rings. The van der Waals surface area contributed by atoms with Gasteiger partial charge < -0.3 is 19.6 Å². The Kier molecular flexibility index (Phi) is 6.97. The van der Waals surface area contributed by atoms with Crippen LogP contribution >= 0.6 is 0 Å². The minimum Gasteiger partial charge on any atom is -0.497 e. The van der Waals surface area contributed by atoms with Gasteiger partial charge in [0, 0.05) is 32.5 Å². The zero-order chi connectivity index (χ0) is 19.9. The molecule has 0 amide bonds. The summed E-state index contributed by atoms with van der Waals surface area (Å²) in [6.07, 6.45) is 2.28. The Hall–Kier alpha value is -2.48. The Balaban J connectivity index is 1.66. The van der Waals surface area contributed by atoms with E-state index in [-0.39, 0.29) is 12.2 Å². The van der Waals surface area contributed by atoms with Gasteiger partial charge in [-0.2, -0.15) is 0 Å².